The molecule has 0 aromatic carbocycles. The van der Waals surface area contributed by atoms with Crippen LogP contribution in [0.3, 0.4) is 0 Å². The van der Waals surface area contributed by atoms with E-state index in [0.29, 0.717) is 6.04 Å². The van der Waals surface area contributed by atoms with Gasteiger partial charge in [-0.2, -0.15) is 0 Å². The molecular weight excluding hydrogens is 246 g/mol. The third-order valence-electron chi connectivity index (χ3n) is 4.03. The molecule has 0 aromatic rings. The fraction of sp³-hybridized carbons (Fsp3) is 1.00. The van der Waals surface area contributed by atoms with Gasteiger partial charge in [-0.25, -0.2) is 0 Å². The highest BCUT2D eigenvalue weighted by Crippen LogP contribution is 2.11. The molecule has 2 nitrogen and oxygen atoms in total. The molecule has 0 saturated heterocycles. The average Bonchev–Trinajstić information content (AvgIpc) is 2.43. The van der Waals surface area contributed by atoms with Crippen molar-refractivity contribution in [1.82, 2.24) is 5.32 Å². The van der Waals surface area contributed by atoms with E-state index >= 15 is 0 Å². The van der Waals surface area contributed by atoms with Gasteiger partial charge in [-0.15, -0.1) is 0 Å². The summed E-state index contributed by atoms with van der Waals surface area (Å²) in [5.41, 5.74) is 0. The van der Waals surface area contributed by atoms with Gasteiger partial charge in [0.25, 0.3) is 0 Å². The summed E-state index contributed by atoms with van der Waals surface area (Å²) >= 11 is 0. The summed E-state index contributed by atoms with van der Waals surface area (Å²) in [5.74, 6) is 0.745. The second-order valence-electron chi connectivity index (χ2n) is 6.63. The van der Waals surface area contributed by atoms with Crippen molar-refractivity contribution in [2.24, 2.45) is 5.92 Å². The van der Waals surface area contributed by atoms with E-state index in [1.54, 1.807) is 0 Å². The fourth-order valence-electron chi connectivity index (χ4n) is 2.54. The molecule has 0 rings (SSSR count). The summed E-state index contributed by atoms with van der Waals surface area (Å²) < 4.78 is 0. The first-order chi connectivity index (χ1) is 9.70. The van der Waals surface area contributed by atoms with E-state index in [9.17, 15) is 5.11 Å². The predicted octanol–water partition coefficient (Wildman–Crippen LogP) is 4.90. The molecule has 0 aliphatic carbocycles. The van der Waals surface area contributed by atoms with Crippen LogP contribution in [0.15, 0.2) is 0 Å². The minimum absolute atomic E-state index is 0.287. The molecule has 20 heavy (non-hydrogen) atoms. The number of hydrogen-bond acceptors (Lipinski definition) is 2. The molecule has 0 aliphatic rings. The lowest BCUT2D eigenvalue weighted by Gasteiger charge is -2.16. The summed E-state index contributed by atoms with van der Waals surface area (Å²) in [5, 5.41) is 12.8. The molecule has 0 unspecified atom stereocenters. The van der Waals surface area contributed by atoms with Crippen LogP contribution in [0.2, 0.25) is 0 Å². The van der Waals surface area contributed by atoms with Crippen LogP contribution in [-0.2, 0) is 0 Å². The van der Waals surface area contributed by atoms with E-state index in [2.05, 4.69) is 26.1 Å². The SMILES string of the molecule is CCCCCCCCCCC[C@H](CO)NCCC(C)C. The highest BCUT2D eigenvalue weighted by atomic mass is 16.3. The lowest BCUT2D eigenvalue weighted by Crippen LogP contribution is -2.33. The van der Waals surface area contributed by atoms with Crippen molar-refractivity contribution in [2.45, 2.75) is 97.4 Å². The Bertz CT molecular complexity index is 182. The summed E-state index contributed by atoms with van der Waals surface area (Å²) in [7, 11) is 0. The molecule has 2 heteroatoms. The molecule has 2 N–H and O–H groups in total. The Hall–Kier alpha value is -0.0800. The maximum absolute atomic E-state index is 9.35. The Labute approximate surface area is 127 Å². The average molecular weight is 286 g/mol. The molecule has 0 amide bonds. The Balaban J connectivity index is 3.29. The molecule has 0 saturated carbocycles. The first-order valence-corrected chi connectivity index (χ1v) is 9.05. The van der Waals surface area contributed by atoms with Gasteiger partial charge in [-0.05, 0) is 25.3 Å². The highest BCUT2D eigenvalue weighted by molar-refractivity contribution is 4.66. The van der Waals surface area contributed by atoms with Crippen LogP contribution in [0.1, 0.15) is 91.4 Å². The van der Waals surface area contributed by atoms with Gasteiger partial charge in [0.05, 0.1) is 6.61 Å². The summed E-state index contributed by atoms with van der Waals surface area (Å²) in [4.78, 5) is 0. The van der Waals surface area contributed by atoms with Crippen LogP contribution in [-0.4, -0.2) is 24.3 Å². The molecule has 0 spiro atoms. The lowest BCUT2D eigenvalue weighted by atomic mass is 10.0. The second-order valence-corrected chi connectivity index (χ2v) is 6.63. The Morgan fingerprint density at radius 3 is 1.85 bits per heavy atom. The van der Waals surface area contributed by atoms with Crippen molar-refractivity contribution >= 4 is 0 Å². The maximum atomic E-state index is 9.35. The molecular formula is C18H39NO. The van der Waals surface area contributed by atoms with Crippen LogP contribution in [0.25, 0.3) is 0 Å². The van der Waals surface area contributed by atoms with Gasteiger partial charge in [0.2, 0.25) is 0 Å². The monoisotopic (exact) mass is 285 g/mol. The van der Waals surface area contributed by atoms with E-state index in [-0.39, 0.29) is 6.61 Å². The van der Waals surface area contributed by atoms with Crippen molar-refractivity contribution < 1.29 is 5.11 Å². The van der Waals surface area contributed by atoms with Crippen LogP contribution < -0.4 is 5.32 Å². The number of aliphatic hydroxyl groups excluding tert-OH is 1. The third-order valence-corrected chi connectivity index (χ3v) is 4.03. The summed E-state index contributed by atoms with van der Waals surface area (Å²) in [6.45, 7) is 8.09. The second kappa shape index (κ2) is 15.3. The molecule has 1 atom stereocenters. The van der Waals surface area contributed by atoms with Gasteiger partial charge in [0.15, 0.2) is 0 Å². The van der Waals surface area contributed by atoms with Crippen molar-refractivity contribution in [3.63, 3.8) is 0 Å². The standard InChI is InChI=1S/C18H39NO/c1-4-5-6-7-8-9-10-11-12-13-18(16-20)19-15-14-17(2)3/h17-20H,4-16H2,1-3H3/t18-/m1/s1. The normalized spacial score (nSPS) is 13.1. The molecule has 0 fully saturated rings. The van der Waals surface area contributed by atoms with Gasteiger partial charge < -0.3 is 10.4 Å². The first kappa shape index (κ1) is 19.9. The van der Waals surface area contributed by atoms with E-state index in [1.807, 2.05) is 0 Å². The van der Waals surface area contributed by atoms with Gasteiger partial charge in [0, 0.05) is 6.04 Å². The van der Waals surface area contributed by atoms with E-state index in [0.717, 1.165) is 18.9 Å². The molecule has 0 aromatic heterocycles. The predicted molar refractivity (Wildman–Crippen MR) is 90.2 cm³/mol. The lowest BCUT2D eigenvalue weighted by molar-refractivity contribution is 0.231. The maximum Gasteiger partial charge on any atom is 0.0584 e. The first-order valence-electron chi connectivity index (χ1n) is 9.05. The van der Waals surface area contributed by atoms with E-state index in [1.165, 1.54) is 64.2 Å². The van der Waals surface area contributed by atoms with Gasteiger partial charge >= 0.3 is 0 Å². The molecule has 0 bridgehead atoms. The third kappa shape index (κ3) is 14.3. The fourth-order valence-corrected chi connectivity index (χ4v) is 2.54. The van der Waals surface area contributed by atoms with E-state index in [4.69, 9.17) is 0 Å². The topological polar surface area (TPSA) is 32.3 Å². The zero-order valence-electron chi connectivity index (χ0n) is 14.3. The van der Waals surface area contributed by atoms with Crippen LogP contribution in [0, 0.1) is 5.92 Å². The summed E-state index contributed by atoms with van der Waals surface area (Å²) in [6, 6.07) is 0.318. The van der Waals surface area contributed by atoms with Crippen LogP contribution in [0.5, 0.6) is 0 Å². The van der Waals surface area contributed by atoms with Crippen LogP contribution in [0.4, 0.5) is 0 Å². The van der Waals surface area contributed by atoms with Crippen molar-refractivity contribution in [3.05, 3.63) is 0 Å². The minimum Gasteiger partial charge on any atom is -0.395 e. The largest absolute Gasteiger partial charge is 0.395 e. The van der Waals surface area contributed by atoms with Gasteiger partial charge in [-0.3, -0.25) is 0 Å². The molecule has 122 valence electrons. The Morgan fingerprint density at radius 2 is 1.35 bits per heavy atom. The number of hydrogen-bond donors (Lipinski definition) is 2. The zero-order chi connectivity index (χ0) is 15.1. The zero-order valence-corrected chi connectivity index (χ0v) is 14.3. The number of nitrogens with one attached hydrogen (secondary N) is 1. The number of aliphatic hydroxyl groups is 1. The van der Waals surface area contributed by atoms with Crippen LogP contribution >= 0.6 is 0 Å². The van der Waals surface area contributed by atoms with Crippen molar-refractivity contribution in [2.75, 3.05) is 13.2 Å². The smallest absolute Gasteiger partial charge is 0.0584 e. The van der Waals surface area contributed by atoms with Gasteiger partial charge in [0.1, 0.15) is 0 Å². The summed E-state index contributed by atoms with van der Waals surface area (Å²) in [6.07, 6.45) is 14.7. The molecule has 0 aliphatic heterocycles. The Kier molecular flexibility index (Phi) is 15.3. The van der Waals surface area contributed by atoms with Gasteiger partial charge in [-0.1, -0.05) is 78.6 Å². The Morgan fingerprint density at radius 1 is 0.800 bits per heavy atom. The number of unbranched alkanes of at least 4 members (excludes halogenated alkanes) is 8. The highest BCUT2D eigenvalue weighted by Gasteiger charge is 2.06. The molecule has 0 heterocycles. The minimum atomic E-state index is 0.287. The van der Waals surface area contributed by atoms with E-state index < -0.39 is 0 Å². The quantitative estimate of drug-likeness (QED) is 0.419. The number of rotatable bonds is 15. The molecule has 0 radical (unpaired) electrons. The van der Waals surface area contributed by atoms with Crippen molar-refractivity contribution in [3.8, 4) is 0 Å². The van der Waals surface area contributed by atoms with Crippen molar-refractivity contribution in [1.29, 1.82) is 0 Å².